The summed E-state index contributed by atoms with van der Waals surface area (Å²) < 4.78 is 5.42. The average Bonchev–Trinajstić information content (AvgIpc) is 3.17. The SMILES string of the molecule is Cc1ccc(-c2noc(CN3CCN(C(=O)CCCCCCN)CC3)n2)cc1.Cl.Cl. The van der Waals surface area contributed by atoms with E-state index in [4.69, 9.17) is 10.3 Å². The minimum atomic E-state index is 0. The number of hydrogen-bond donors (Lipinski definition) is 1. The van der Waals surface area contributed by atoms with Gasteiger partial charge in [0.2, 0.25) is 17.6 Å². The second-order valence-corrected chi connectivity index (χ2v) is 7.49. The van der Waals surface area contributed by atoms with Gasteiger partial charge in [-0.15, -0.1) is 24.8 Å². The number of piperazine rings is 1. The third-order valence-electron chi connectivity index (χ3n) is 5.21. The van der Waals surface area contributed by atoms with Gasteiger partial charge in [-0.2, -0.15) is 4.98 Å². The summed E-state index contributed by atoms with van der Waals surface area (Å²) in [5, 5.41) is 4.09. The second kappa shape index (κ2) is 13.6. The highest BCUT2D eigenvalue weighted by Gasteiger charge is 2.22. The molecule has 9 heteroatoms. The van der Waals surface area contributed by atoms with Crippen molar-refractivity contribution in [3.63, 3.8) is 0 Å². The molecule has 30 heavy (non-hydrogen) atoms. The predicted octanol–water partition coefficient (Wildman–Crippen LogP) is 3.44. The Hall–Kier alpha value is -1.67. The molecule has 0 atom stereocenters. The molecule has 1 fully saturated rings. The molecule has 0 radical (unpaired) electrons. The van der Waals surface area contributed by atoms with Gasteiger partial charge in [0.05, 0.1) is 6.54 Å². The van der Waals surface area contributed by atoms with Gasteiger partial charge in [-0.05, 0) is 26.3 Å². The summed E-state index contributed by atoms with van der Waals surface area (Å²) in [7, 11) is 0. The third-order valence-corrected chi connectivity index (χ3v) is 5.21. The number of nitrogens with zero attached hydrogens (tertiary/aromatic N) is 4. The van der Waals surface area contributed by atoms with Crippen LogP contribution in [0.25, 0.3) is 11.4 Å². The minimum absolute atomic E-state index is 0. The number of amides is 1. The molecule has 1 aromatic carbocycles. The van der Waals surface area contributed by atoms with Crippen molar-refractivity contribution in [3.05, 3.63) is 35.7 Å². The molecule has 0 saturated carbocycles. The molecular weight excluding hydrogens is 425 g/mol. The fourth-order valence-corrected chi connectivity index (χ4v) is 3.42. The highest BCUT2D eigenvalue weighted by atomic mass is 35.5. The van der Waals surface area contributed by atoms with E-state index in [1.165, 1.54) is 5.56 Å². The number of carbonyl (C=O) groups is 1. The van der Waals surface area contributed by atoms with Crippen molar-refractivity contribution in [1.82, 2.24) is 19.9 Å². The van der Waals surface area contributed by atoms with Crippen LogP contribution in [0.4, 0.5) is 0 Å². The Morgan fingerprint density at radius 3 is 2.37 bits per heavy atom. The van der Waals surface area contributed by atoms with E-state index in [-0.39, 0.29) is 30.7 Å². The normalized spacial score (nSPS) is 14.1. The quantitative estimate of drug-likeness (QED) is 0.580. The lowest BCUT2D eigenvalue weighted by Gasteiger charge is -2.34. The molecule has 1 aromatic heterocycles. The van der Waals surface area contributed by atoms with Gasteiger partial charge in [0.25, 0.3) is 0 Å². The Morgan fingerprint density at radius 2 is 1.70 bits per heavy atom. The van der Waals surface area contributed by atoms with E-state index in [0.29, 0.717) is 24.7 Å². The van der Waals surface area contributed by atoms with Crippen molar-refractivity contribution in [2.75, 3.05) is 32.7 Å². The first kappa shape index (κ1) is 26.4. The maximum Gasteiger partial charge on any atom is 0.241 e. The van der Waals surface area contributed by atoms with Crippen molar-refractivity contribution in [2.45, 2.75) is 45.6 Å². The monoisotopic (exact) mass is 457 g/mol. The van der Waals surface area contributed by atoms with Gasteiger partial charge in [0.1, 0.15) is 0 Å². The first-order chi connectivity index (χ1) is 13.7. The van der Waals surface area contributed by atoms with E-state index >= 15 is 0 Å². The molecular formula is C21H33Cl2N5O2. The van der Waals surface area contributed by atoms with Crippen molar-refractivity contribution in [1.29, 1.82) is 0 Å². The number of rotatable bonds is 9. The Labute approximate surface area is 191 Å². The van der Waals surface area contributed by atoms with E-state index in [1.807, 2.05) is 29.2 Å². The number of benzene rings is 1. The van der Waals surface area contributed by atoms with Gasteiger partial charge in [-0.1, -0.05) is 47.8 Å². The summed E-state index contributed by atoms with van der Waals surface area (Å²) in [5.41, 5.74) is 7.66. The maximum atomic E-state index is 12.3. The summed E-state index contributed by atoms with van der Waals surface area (Å²) in [5.74, 6) is 1.51. The second-order valence-electron chi connectivity index (χ2n) is 7.49. The maximum absolute atomic E-state index is 12.3. The lowest BCUT2D eigenvalue weighted by Crippen LogP contribution is -2.48. The van der Waals surface area contributed by atoms with E-state index in [1.54, 1.807) is 0 Å². The summed E-state index contributed by atoms with van der Waals surface area (Å²) >= 11 is 0. The smallest absolute Gasteiger partial charge is 0.241 e. The first-order valence-corrected chi connectivity index (χ1v) is 10.3. The number of aromatic nitrogens is 2. The molecule has 7 nitrogen and oxygen atoms in total. The van der Waals surface area contributed by atoms with Gasteiger partial charge in [-0.3, -0.25) is 9.69 Å². The van der Waals surface area contributed by atoms with Gasteiger partial charge < -0.3 is 15.2 Å². The number of hydrogen-bond acceptors (Lipinski definition) is 6. The molecule has 2 aromatic rings. The van der Waals surface area contributed by atoms with Crippen LogP contribution in [0.2, 0.25) is 0 Å². The highest BCUT2D eigenvalue weighted by molar-refractivity contribution is 5.85. The molecule has 3 rings (SSSR count). The van der Waals surface area contributed by atoms with Crippen LogP contribution in [0.15, 0.2) is 28.8 Å². The molecule has 0 aliphatic carbocycles. The van der Waals surface area contributed by atoms with Crippen molar-refractivity contribution in [3.8, 4) is 11.4 Å². The molecule has 168 valence electrons. The Morgan fingerprint density at radius 1 is 1.03 bits per heavy atom. The summed E-state index contributed by atoms with van der Waals surface area (Å²) in [6.07, 6.45) is 4.86. The first-order valence-electron chi connectivity index (χ1n) is 10.3. The fraction of sp³-hybridized carbons (Fsp3) is 0.571. The van der Waals surface area contributed by atoms with E-state index in [9.17, 15) is 4.79 Å². The molecule has 1 aliphatic heterocycles. The number of aryl methyl sites for hydroxylation is 1. The standard InChI is InChI=1S/C21H31N5O2.2ClH/c1-17-7-9-18(10-8-17)21-23-19(28-24-21)16-25-12-14-26(15-13-25)20(27)6-4-2-3-5-11-22;;/h7-10H,2-6,11-16,22H2,1H3;2*1H. The lowest BCUT2D eigenvalue weighted by atomic mass is 10.1. The zero-order valence-electron chi connectivity index (χ0n) is 17.6. The molecule has 0 bridgehead atoms. The van der Waals surface area contributed by atoms with Gasteiger partial charge in [0, 0.05) is 38.2 Å². The Bertz CT molecular complexity index is 746. The molecule has 0 spiro atoms. The summed E-state index contributed by atoms with van der Waals surface area (Å²) in [4.78, 5) is 21.1. The largest absolute Gasteiger partial charge is 0.340 e. The van der Waals surface area contributed by atoms with E-state index in [2.05, 4.69) is 22.0 Å². The zero-order chi connectivity index (χ0) is 19.8. The molecule has 2 heterocycles. The molecule has 1 aliphatic rings. The van der Waals surface area contributed by atoms with Crippen LogP contribution in [-0.2, 0) is 11.3 Å². The Kier molecular flexibility index (Phi) is 11.9. The van der Waals surface area contributed by atoms with Gasteiger partial charge in [-0.25, -0.2) is 0 Å². The summed E-state index contributed by atoms with van der Waals surface area (Å²) in [6, 6.07) is 8.09. The number of carbonyl (C=O) groups excluding carboxylic acids is 1. The topological polar surface area (TPSA) is 88.5 Å². The van der Waals surface area contributed by atoms with Crippen LogP contribution in [0.3, 0.4) is 0 Å². The zero-order valence-corrected chi connectivity index (χ0v) is 19.2. The van der Waals surface area contributed by atoms with Gasteiger partial charge >= 0.3 is 0 Å². The summed E-state index contributed by atoms with van der Waals surface area (Å²) in [6.45, 7) is 6.61. The molecule has 1 saturated heterocycles. The van der Waals surface area contributed by atoms with Crippen LogP contribution in [0.1, 0.15) is 43.6 Å². The van der Waals surface area contributed by atoms with Crippen LogP contribution in [0.5, 0.6) is 0 Å². The molecule has 2 N–H and O–H groups in total. The van der Waals surface area contributed by atoms with E-state index < -0.39 is 0 Å². The predicted molar refractivity (Wildman–Crippen MR) is 123 cm³/mol. The van der Waals surface area contributed by atoms with Crippen LogP contribution in [0, 0.1) is 6.92 Å². The molecule has 0 unspecified atom stereocenters. The van der Waals surface area contributed by atoms with Crippen molar-refractivity contribution < 1.29 is 9.32 Å². The third kappa shape index (κ3) is 7.87. The van der Waals surface area contributed by atoms with Crippen LogP contribution >= 0.6 is 24.8 Å². The number of nitrogens with two attached hydrogens (primary N) is 1. The average molecular weight is 458 g/mol. The molecule has 1 amide bonds. The van der Waals surface area contributed by atoms with Crippen molar-refractivity contribution in [2.24, 2.45) is 5.73 Å². The van der Waals surface area contributed by atoms with Gasteiger partial charge in [0.15, 0.2) is 0 Å². The Balaban J connectivity index is 0.00000225. The number of unbranched alkanes of at least 4 members (excludes halogenated alkanes) is 3. The van der Waals surface area contributed by atoms with Crippen LogP contribution < -0.4 is 5.73 Å². The van der Waals surface area contributed by atoms with Crippen molar-refractivity contribution >= 4 is 30.7 Å². The fourth-order valence-electron chi connectivity index (χ4n) is 3.42. The van der Waals surface area contributed by atoms with Crippen LogP contribution in [-0.4, -0.2) is 58.6 Å². The highest BCUT2D eigenvalue weighted by Crippen LogP contribution is 2.17. The minimum Gasteiger partial charge on any atom is -0.340 e. The number of halogens is 2. The van der Waals surface area contributed by atoms with E-state index in [0.717, 1.165) is 64.0 Å². The lowest BCUT2D eigenvalue weighted by molar-refractivity contribution is -0.133.